The van der Waals surface area contributed by atoms with Crippen molar-refractivity contribution in [2.45, 2.75) is 13.5 Å². The molecule has 84 valence electrons. The lowest BCUT2D eigenvalue weighted by atomic mass is 10.2. The highest BCUT2D eigenvalue weighted by Gasteiger charge is 2.03. The SMILES string of the molecule is Cc1ccc(F)cc1NCc1sccc1N. The molecular formula is C12H13FN2S. The summed E-state index contributed by atoms with van der Waals surface area (Å²) in [6.07, 6.45) is 0. The van der Waals surface area contributed by atoms with E-state index in [0.29, 0.717) is 6.54 Å². The first-order chi connectivity index (χ1) is 7.66. The maximum Gasteiger partial charge on any atom is 0.125 e. The van der Waals surface area contributed by atoms with Crippen LogP contribution in [0.25, 0.3) is 0 Å². The zero-order valence-corrected chi connectivity index (χ0v) is 9.77. The van der Waals surface area contributed by atoms with Crippen LogP contribution in [0.3, 0.4) is 0 Å². The number of nitrogens with one attached hydrogen (secondary N) is 1. The van der Waals surface area contributed by atoms with Crippen LogP contribution in [-0.4, -0.2) is 0 Å². The summed E-state index contributed by atoms with van der Waals surface area (Å²) in [4.78, 5) is 1.07. The Hall–Kier alpha value is -1.55. The number of thiophene rings is 1. The molecular weight excluding hydrogens is 223 g/mol. The van der Waals surface area contributed by atoms with Gasteiger partial charge in [0.05, 0.1) is 6.54 Å². The van der Waals surface area contributed by atoms with E-state index in [1.165, 1.54) is 12.1 Å². The Morgan fingerprint density at radius 1 is 1.38 bits per heavy atom. The maximum atomic E-state index is 13.0. The smallest absolute Gasteiger partial charge is 0.125 e. The molecule has 1 aromatic heterocycles. The van der Waals surface area contributed by atoms with Crippen molar-refractivity contribution in [3.05, 3.63) is 45.9 Å². The Balaban J connectivity index is 2.10. The van der Waals surface area contributed by atoms with Crippen LogP contribution in [0.15, 0.2) is 29.6 Å². The molecule has 1 aromatic carbocycles. The fourth-order valence-electron chi connectivity index (χ4n) is 1.45. The first-order valence-corrected chi connectivity index (χ1v) is 5.86. The van der Waals surface area contributed by atoms with Crippen molar-refractivity contribution >= 4 is 22.7 Å². The number of halogens is 1. The quantitative estimate of drug-likeness (QED) is 0.857. The molecule has 0 saturated carbocycles. The van der Waals surface area contributed by atoms with Crippen molar-refractivity contribution in [2.24, 2.45) is 0 Å². The van der Waals surface area contributed by atoms with Gasteiger partial charge in [0.2, 0.25) is 0 Å². The lowest BCUT2D eigenvalue weighted by Gasteiger charge is -2.09. The van der Waals surface area contributed by atoms with E-state index in [9.17, 15) is 4.39 Å². The van der Waals surface area contributed by atoms with Crippen molar-refractivity contribution < 1.29 is 4.39 Å². The van der Waals surface area contributed by atoms with Gasteiger partial charge in [-0.3, -0.25) is 0 Å². The van der Waals surface area contributed by atoms with Gasteiger partial charge in [0, 0.05) is 16.3 Å². The molecule has 2 aromatic rings. The van der Waals surface area contributed by atoms with Gasteiger partial charge in [-0.2, -0.15) is 0 Å². The summed E-state index contributed by atoms with van der Waals surface area (Å²) in [6.45, 7) is 2.58. The minimum Gasteiger partial charge on any atom is -0.398 e. The molecule has 0 aliphatic heterocycles. The summed E-state index contributed by atoms with van der Waals surface area (Å²) in [7, 11) is 0. The van der Waals surface area contributed by atoms with Gasteiger partial charge in [-0.1, -0.05) is 6.07 Å². The third-order valence-corrected chi connectivity index (χ3v) is 3.36. The summed E-state index contributed by atoms with van der Waals surface area (Å²) in [5.74, 6) is -0.229. The van der Waals surface area contributed by atoms with Crippen LogP contribution in [0, 0.1) is 12.7 Å². The van der Waals surface area contributed by atoms with Gasteiger partial charge < -0.3 is 11.1 Å². The summed E-state index contributed by atoms with van der Waals surface area (Å²) >= 11 is 1.60. The molecule has 0 aliphatic rings. The largest absolute Gasteiger partial charge is 0.398 e. The number of nitrogens with two attached hydrogens (primary N) is 1. The molecule has 0 amide bonds. The Labute approximate surface area is 97.9 Å². The number of anilines is 2. The zero-order valence-electron chi connectivity index (χ0n) is 8.96. The molecule has 3 N–H and O–H groups in total. The van der Waals surface area contributed by atoms with E-state index in [0.717, 1.165) is 21.8 Å². The first-order valence-electron chi connectivity index (χ1n) is 4.98. The van der Waals surface area contributed by atoms with Crippen LogP contribution >= 0.6 is 11.3 Å². The molecule has 0 fully saturated rings. The molecule has 0 bridgehead atoms. The average molecular weight is 236 g/mol. The number of hydrogen-bond donors (Lipinski definition) is 2. The normalized spacial score (nSPS) is 10.4. The third kappa shape index (κ3) is 2.33. The Bertz CT molecular complexity index is 494. The highest BCUT2D eigenvalue weighted by atomic mass is 32.1. The van der Waals surface area contributed by atoms with E-state index in [2.05, 4.69) is 5.32 Å². The highest BCUT2D eigenvalue weighted by molar-refractivity contribution is 7.10. The van der Waals surface area contributed by atoms with E-state index in [1.54, 1.807) is 17.4 Å². The van der Waals surface area contributed by atoms with Crippen molar-refractivity contribution in [1.29, 1.82) is 0 Å². The number of rotatable bonds is 3. The van der Waals surface area contributed by atoms with E-state index in [-0.39, 0.29) is 5.82 Å². The second kappa shape index (κ2) is 4.53. The lowest BCUT2D eigenvalue weighted by molar-refractivity contribution is 0.628. The number of hydrogen-bond acceptors (Lipinski definition) is 3. The number of benzene rings is 1. The van der Waals surface area contributed by atoms with Crippen LogP contribution in [0.2, 0.25) is 0 Å². The molecule has 0 spiro atoms. The molecule has 16 heavy (non-hydrogen) atoms. The minimum atomic E-state index is -0.229. The predicted molar refractivity (Wildman–Crippen MR) is 67.2 cm³/mol. The Kier molecular flexibility index (Phi) is 3.10. The third-order valence-electron chi connectivity index (χ3n) is 2.42. The average Bonchev–Trinajstić information content (AvgIpc) is 2.66. The first kappa shape index (κ1) is 11.0. The van der Waals surface area contributed by atoms with Crippen LogP contribution in [0.4, 0.5) is 15.8 Å². The second-order valence-corrected chi connectivity index (χ2v) is 4.61. The minimum absolute atomic E-state index is 0.229. The van der Waals surface area contributed by atoms with Gasteiger partial charge in [0.1, 0.15) is 5.82 Å². The molecule has 2 rings (SSSR count). The Morgan fingerprint density at radius 2 is 2.19 bits per heavy atom. The van der Waals surface area contributed by atoms with Gasteiger partial charge in [-0.05, 0) is 36.1 Å². The maximum absolute atomic E-state index is 13.0. The second-order valence-electron chi connectivity index (χ2n) is 3.61. The van der Waals surface area contributed by atoms with E-state index in [1.807, 2.05) is 18.4 Å². The highest BCUT2D eigenvalue weighted by Crippen LogP contribution is 2.22. The van der Waals surface area contributed by atoms with E-state index < -0.39 is 0 Å². The van der Waals surface area contributed by atoms with Crippen LogP contribution < -0.4 is 11.1 Å². The molecule has 0 unspecified atom stereocenters. The van der Waals surface area contributed by atoms with Gasteiger partial charge in [0.15, 0.2) is 0 Å². The van der Waals surface area contributed by atoms with Gasteiger partial charge in [-0.25, -0.2) is 4.39 Å². The Morgan fingerprint density at radius 3 is 2.88 bits per heavy atom. The van der Waals surface area contributed by atoms with Crippen LogP contribution in [0.5, 0.6) is 0 Å². The van der Waals surface area contributed by atoms with E-state index in [4.69, 9.17) is 5.73 Å². The van der Waals surface area contributed by atoms with E-state index >= 15 is 0 Å². The van der Waals surface area contributed by atoms with Crippen molar-refractivity contribution in [3.63, 3.8) is 0 Å². The van der Waals surface area contributed by atoms with Crippen molar-refractivity contribution in [3.8, 4) is 0 Å². The molecule has 0 atom stereocenters. The zero-order chi connectivity index (χ0) is 11.5. The molecule has 0 radical (unpaired) electrons. The number of aryl methyl sites for hydroxylation is 1. The van der Waals surface area contributed by atoms with Crippen LogP contribution in [0.1, 0.15) is 10.4 Å². The fourth-order valence-corrected chi connectivity index (χ4v) is 2.19. The summed E-state index contributed by atoms with van der Waals surface area (Å²) in [5.41, 5.74) is 8.39. The predicted octanol–water partition coefficient (Wildman–Crippen LogP) is 3.39. The molecule has 0 saturated heterocycles. The molecule has 1 heterocycles. The lowest BCUT2D eigenvalue weighted by Crippen LogP contribution is -2.01. The summed E-state index contributed by atoms with van der Waals surface area (Å²) < 4.78 is 13.0. The van der Waals surface area contributed by atoms with Gasteiger partial charge >= 0.3 is 0 Å². The van der Waals surface area contributed by atoms with Crippen LogP contribution in [-0.2, 0) is 6.54 Å². The molecule has 0 aliphatic carbocycles. The monoisotopic (exact) mass is 236 g/mol. The standard InChI is InChI=1S/C12H13FN2S/c1-8-2-3-9(13)6-11(8)15-7-12-10(14)4-5-16-12/h2-6,15H,7,14H2,1H3. The molecule has 4 heteroatoms. The van der Waals surface area contributed by atoms with Crippen molar-refractivity contribution in [1.82, 2.24) is 0 Å². The van der Waals surface area contributed by atoms with Gasteiger partial charge in [0.25, 0.3) is 0 Å². The van der Waals surface area contributed by atoms with Gasteiger partial charge in [-0.15, -0.1) is 11.3 Å². The number of nitrogen functional groups attached to an aromatic ring is 1. The molecule has 2 nitrogen and oxygen atoms in total. The topological polar surface area (TPSA) is 38.0 Å². The summed E-state index contributed by atoms with van der Waals surface area (Å²) in [6, 6.07) is 6.59. The fraction of sp³-hybridized carbons (Fsp3) is 0.167. The summed E-state index contributed by atoms with van der Waals surface area (Å²) in [5, 5.41) is 5.14. The van der Waals surface area contributed by atoms with Crippen molar-refractivity contribution in [2.75, 3.05) is 11.1 Å².